The molecule has 1 aromatic heterocycles. The molecule has 3 aromatic rings. The van der Waals surface area contributed by atoms with E-state index < -0.39 is 17.1 Å². The van der Waals surface area contributed by atoms with E-state index in [-0.39, 0.29) is 11.8 Å². The van der Waals surface area contributed by atoms with Crippen LogP contribution in [-0.4, -0.2) is 25.8 Å². The second kappa shape index (κ2) is 7.63. The van der Waals surface area contributed by atoms with Gasteiger partial charge in [0.15, 0.2) is 11.6 Å². The maximum atomic E-state index is 14.0. The number of benzene rings is 2. The second-order valence-electron chi connectivity index (χ2n) is 5.57. The fourth-order valence-electron chi connectivity index (χ4n) is 2.56. The second-order valence-corrected chi connectivity index (χ2v) is 6.27. The van der Waals surface area contributed by atoms with E-state index in [2.05, 4.69) is 20.0 Å². The lowest BCUT2D eigenvalue weighted by molar-refractivity contribution is 0.387. The molecule has 0 aliphatic rings. The molecule has 0 saturated heterocycles. The maximum Gasteiger partial charge on any atom is 0.259 e. The van der Waals surface area contributed by atoms with E-state index in [0.29, 0.717) is 22.4 Å². The molecule has 0 radical (unpaired) electrons. The average molecular weight is 376 g/mol. The van der Waals surface area contributed by atoms with Crippen molar-refractivity contribution in [1.82, 2.24) is 9.97 Å². The van der Waals surface area contributed by atoms with Gasteiger partial charge in [-0.05, 0) is 30.7 Å². The van der Waals surface area contributed by atoms with Crippen molar-refractivity contribution in [3.63, 3.8) is 0 Å². The van der Waals surface area contributed by atoms with Crippen LogP contribution < -0.4 is 14.8 Å². The molecule has 0 spiro atoms. The third kappa shape index (κ3) is 3.89. The number of halogens is 1. The number of hydrogen-bond donors (Lipinski definition) is 3. The molecule has 136 valence electrons. The zero-order valence-electron chi connectivity index (χ0n) is 14.1. The fraction of sp³-hybridized carbons (Fsp3) is 0.176. The molecule has 0 bridgehead atoms. The van der Waals surface area contributed by atoms with Crippen molar-refractivity contribution in [2.24, 2.45) is 0 Å². The zero-order chi connectivity index (χ0) is 18.7. The molecule has 0 saturated carbocycles. The smallest absolute Gasteiger partial charge is 0.259 e. The van der Waals surface area contributed by atoms with Gasteiger partial charge in [-0.1, -0.05) is 12.1 Å². The maximum absolute atomic E-state index is 14.0. The predicted octanol–water partition coefficient (Wildman–Crippen LogP) is 3.50. The Hall–Kier alpha value is -2.78. The Morgan fingerprint density at radius 3 is 2.62 bits per heavy atom. The summed E-state index contributed by atoms with van der Waals surface area (Å²) in [5.41, 5.74) is 2.03. The first-order valence-corrected chi connectivity index (χ1v) is 8.81. The monoisotopic (exact) mass is 376 g/mol. The number of nitrogens with zero attached hydrogens (tertiary/aromatic N) is 2. The summed E-state index contributed by atoms with van der Waals surface area (Å²) in [5.74, 6) is 0.139. The van der Waals surface area contributed by atoms with Gasteiger partial charge in [-0.15, -0.1) is 0 Å². The van der Waals surface area contributed by atoms with Crippen molar-refractivity contribution < 1.29 is 17.9 Å². The molecule has 7 nitrogen and oxygen atoms in total. The van der Waals surface area contributed by atoms with Crippen molar-refractivity contribution in [2.45, 2.75) is 13.0 Å². The highest BCUT2D eigenvalue weighted by Crippen LogP contribution is 2.29. The number of nitrogens with one attached hydrogen (secondary N) is 2. The molecule has 3 rings (SSSR count). The molecule has 2 aromatic carbocycles. The van der Waals surface area contributed by atoms with Crippen LogP contribution in [0.5, 0.6) is 5.75 Å². The summed E-state index contributed by atoms with van der Waals surface area (Å²) in [4.78, 5) is 8.36. The summed E-state index contributed by atoms with van der Waals surface area (Å²) in [7, 11) is 1.40. The molecular weight excluding hydrogens is 359 g/mol. The Morgan fingerprint density at radius 2 is 1.96 bits per heavy atom. The summed E-state index contributed by atoms with van der Waals surface area (Å²) < 4.78 is 41.0. The zero-order valence-corrected chi connectivity index (χ0v) is 14.9. The van der Waals surface area contributed by atoms with Gasteiger partial charge in [0.25, 0.3) is 11.3 Å². The largest absolute Gasteiger partial charge is 0.494 e. The lowest BCUT2D eigenvalue weighted by atomic mass is 10.1. The normalized spacial score (nSPS) is 13.2. The average Bonchev–Trinajstić information content (AvgIpc) is 2.62. The third-order valence-corrected chi connectivity index (χ3v) is 4.29. The number of anilines is 2. The molecule has 9 heteroatoms. The van der Waals surface area contributed by atoms with Gasteiger partial charge in [-0.3, -0.25) is 9.27 Å². The lowest BCUT2D eigenvalue weighted by Crippen LogP contribution is -2.09. The lowest BCUT2D eigenvalue weighted by Gasteiger charge is -2.17. The van der Waals surface area contributed by atoms with Crippen molar-refractivity contribution >= 4 is 33.7 Å². The summed E-state index contributed by atoms with van der Waals surface area (Å²) in [6, 6.07) is 9.77. The van der Waals surface area contributed by atoms with Crippen LogP contribution in [0.2, 0.25) is 0 Å². The van der Waals surface area contributed by atoms with Gasteiger partial charge in [0.05, 0.1) is 12.6 Å². The summed E-state index contributed by atoms with van der Waals surface area (Å²) in [6.45, 7) is 1.93. The van der Waals surface area contributed by atoms with Gasteiger partial charge in [0.2, 0.25) is 0 Å². The van der Waals surface area contributed by atoms with Crippen LogP contribution in [0.25, 0.3) is 10.9 Å². The first-order valence-electron chi connectivity index (χ1n) is 7.70. The third-order valence-electron chi connectivity index (χ3n) is 3.88. The molecule has 2 atom stereocenters. The van der Waals surface area contributed by atoms with E-state index in [1.165, 1.54) is 25.6 Å². The van der Waals surface area contributed by atoms with Crippen molar-refractivity contribution in [1.29, 1.82) is 0 Å². The van der Waals surface area contributed by atoms with Gasteiger partial charge < -0.3 is 10.1 Å². The summed E-state index contributed by atoms with van der Waals surface area (Å²) in [6.07, 6.45) is 1.40. The van der Waals surface area contributed by atoms with Crippen LogP contribution in [0.4, 0.5) is 15.9 Å². The highest BCUT2D eigenvalue weighted by Gasteiger charge is 2.13. The topological polar surface area (TPSA) is 96.4 Å². The fourth-order valence-corrected chi connectivity index (χ4v) is 2.90. The Kier molecular flexibility index (Phi) is 5.29. The first kappa shape index (κ1) is 18.0. The van der Waals surface area contributed by atoms with Gasteiger partial charge in [0, 0.05) is 23.2 Å². The minimum Gasteiger partial charge on any atom is -0.494 e. The van der Waals surface area contributed by atoms with Gasteiger partial charge in [-0.2, -0.15) is 0 Å². The molecule has 26 heavy (non-hydrogen) atoms. The molecule has 3 N–H and O–H groups in total. The Balaban J connectivity index is 1.86. The van der Waals surface area contributed by atoms with Crippen LogP contribution in [0.15, 0.2) is 42.7 Å². The number of fused-ring (bicyclic) bond motifs is 1. The standard InChI is InChI=1S/C17H17FN4O3S/c1-10(11-3-5-12(6-4-11)22-26(23)24)21-17-13-7-14(18)16(25-2)8-15(13)19-9-20-17/h3-10,22H,1-2H3,(H,23,24)(H,19,20,21). The minimum absolute atomic E-state index is 0.125. The van der Waals surface area contributed by atoms with Crippen molar-refractivity contribution in [3.05, 3.63) is 54.1 Å². The predicted molar refractivity (Wildman–Crippen MR) is 98.9 cm³/mol. The molecule has 0 aliphatic carbocycles. The molecular formula is C17H17FN4O3S. The first-order chi connectivity index (χ1) is 12.5. The Bertz CT molecular complexity index is 953. The minimum atomic E-state index is -2.11. The number of ether oxygens (including phenoxy) is 1. The van der Waals surface area contributed by atoms with Crippen LogP contribution in [-0.2, 0) is 11.3 Å². The molecule has 0 aliphatic heterocycles. The molecule has 0 fully saturated rings. The summed E-state index contributed by atoms with van der Waals surface area (Å²) >= 11 is -2.11. The quantitative estimate of drug-likeness (QED) is 0.570. The Labute approximate surface area is 152 Å². The SMILES string of the molecule is COc1cc2ncnc(NC(C)c3ccc(NS(=O)O)cc3)c2cc1F. The number of aromatic nitrogens is 2. The van der Waals surface area contributed by atoms with Crippen molar-refractivity contribution in [3.8, 4) is 5.75 Å². The molecule has 1 heterocycles. The van der Waals surface area contributed by atoms with Crippen LogP contribution >= 0.6 is 0 Å². The highest BCUT2D eigenvalue weighted by atomic mass is 32.2. The van der Waals surface area contributed by atoms with Gasteiger partial charge in [-0.25, -0.2) is 18.6 Å². The number of methoxy groups -OCH3 is 1. The number of hydrogen-bond acceptors (Lipinski definition) is 5. The van der Waals surface area contributed by atoms with Crippen LogP contribution in [0, 0.1) is 5.82 Å². The van der Waals surface area contributed by atoms with Crippen LogP contribution in [0.3, 0.4) is 0 Å². The molecule has 2 unspecified atom stereocenters. The van der Waals surface area contributed by atoms with E-state index in [9.17, 15) is 8.60 Å². The van der Waals surface area contributed by atoms with E-state index in [0.717, 1.165) is 5.56 Å². The summed E-state index contributed by atoms with van der Waals surface area (Å²) in [5, 5.41) is 3.79. The van der Waals surface area contributed by atoms with E-state index in [1.54, 1.807) is 12.1 Å². The van der Waals surface area contributed by atoms with E-state index in [1.807, 2.05) is 19.1 Å². The number of rotatable bonds is 6. The Morgan fingerprint density at radius 1 is 1.23 bits per heavy atom. The van der Waals surface area contributed by atoms with Gasteiger partial charge >= 0.3 is 0 Å². The highest BCUT2D eigenvalue weighted by molar-refractivity contribution is 7.80. The molecule has 0 amide bonds. The van der Waals surface area contributed by atoms with Gasteiger partial charge in [0.1, 0.15) is 12.1 Å². The van der Waals surface area contributed by atoms with E-state index >= 15 is 0 Å². The van der Waals surface area contributed by atoms with Crippen LogP contribution in [0.1, 0.15) is 18.5 Å². The van der Waals surface area contributed by atoms with E-state index in [4.69, 9.17) is 9.29 Å². The van der Waals surface area contributed by atoms with Crippen molar-refractivity contribution in [2.75, 3.05) is 17.1 Å².